The quantitative estimate of drug-likeness (QED) is 0.691. The van der Waals surface area contributed by atoms with Gasteiger partial charge in [-0.05, 0) is 72.2 Å². The number of carbonyl (C=O) groups is 1. The molecule has 1 amide bonds. The molecular formula is C19H21BrN2O2S. The van der Waals surface area contributed by atoms with Gasteiger partial charge in [-0.15, -0.1) is 0 Å². The minimum Gasteiger partial charge on any atom is -0.490 e. The molecule has 0 spiro atoms. The molecule has 0 aliphatic carbocycles. The second-order valence-electron chi connectivity index (χ2n) is 5.76. The summed E-state index contributed by atoms with van der Waals surface area (Å²) >= 11 is 8.61. The number of hydrogen-bond acceptors (Lipinski definition) is 3. The Bertz CT molecular complexity index is 735. The van der Waals surface area contributed by atoms with Gasteiger partial charge in [-0.1, -0.05) is 30.3 Å². The van der Waals surface area contributed by atoms with Crippen LogP contribution in [0.5, 0.6) is 5.75 Å². The average Bonchev–Trinajstić information content (AvgIpc) is 2.57. The number of carbonyl (C=O) groups excluding carboxylic acids is 1. The summed E-state index contributed by atoms with van der Waals surface area (Å²) in [6.45, 7) is 4.56. The third kappa shape index (κ3) is 6.48. The lowest BCUT2D eigenvalue weighted by Crippen LogP contribution is -2.40. The third-order valence-corrected chi connectivity index (χ3v) is 4.19. The highest BCUT2D eigenvalue weighted by Gasteiger charge is 2.11. The summed E-state index contributed by atoms with van der Waals surface area (Å²) in [4.78, 5) is 12.3. The van der Waals surface area contributed by atoms with E-state index in [4.69, 9.17) is 17.0 Å². The molecule has 132 valence electrons. The van der Waals surface area contributed by atoms with Crippen molar-refractivity contribution >= 4 is 39.2 Å². The average molecular weight is 421 g/mol. The van der Waals surface area contributed by atoms with Crippen LogP contribution in [0, 0.1) is 0 Å². The number of thiocarbonyl (C=S) groups is 1. The van der Waals surface area contributed by atoms with Crippen molar-refractivity contribution in [3.8, 4) is 5.75 Å². The molecule has 2 aromatic carbocycles. The van der Waals surface area contributed by atoms with Crippen LogP contribution in [-0.2, 0) is 6.42 Å². The van der Waals surface area contributed by atoms with E-state index in [1.807, 2.05) is 32.0 Å². The summed E-state index contributed by atoms with van der Waals surface area (Å²) in [5.41, 5.74) is 1.73. The van der Waals surface area contributed by atoms with Crippen LogP contribution in [0.3, 0.4) is 0 Å². The molecule has 25 heavy (non-hydrogen) atoms. The molecule has 2 aromatic rings. The van der Waals surface area contributed by atoms with Crippen molar-refractivity contribution in [2.75, 3.05) is 6.54 Å². The number of amides is 1. The molecule has 0 aliphatic rings. The second-order valence-corrected chi connectivity index (χ2v) is 7.02. The van der Waals surface area contributed by atoms with Crippen molar-refractivity contribution < 1.29 is 9.53 Å². The van der Waals surface area contributed by atoms with E-state index in [0.717, 1.165) is 10.9 Å². The van der Waals surface area contributed by atoms with Crippen molar-refractivity contribution in [1.29, 1.82) is 0 Å². The predicted molar refractivity (Wildman–Crippen MR) is 108 cm³/mol. The van der Waals surface area contributed by atoms with E-state index in [9.17, 15) is 4.79 Å². The van der Waals surface area contributed by atoms with Gasteiger partial charge in [0.05, 0.1) is 10.6 Å². The number of ether oxygens (including phenoxy) is 1. The molecule has 0 aliphatic heterocycles. The van der Waals surface area contributed by atoms with E-state index in [0.29, 0.717) is 23.0 Å². The van der Waals surface area contributed by atoms with Crippen LogP contribution in [0.25, 0.3) is 0 Å². The van der Waals surface area contributed by atoms with Crippen molar-refractivity contribution in [2.24, 2.45) is 0 Å². The maximum absolute atomic E-state index is 12.3. The van der Waals surface area contributed by atoms with E-state index >= 15 is 0 Å². The molecule has 0 fully saturated rings. The first kappa shape index (κ1) is 19.4. The van der Waals surface area contributed by atoms with Gasteiger partial charge in [-0.25, -0.2) is 0 Å². The Kier molecular flexibility index (Phi) is 7.40. The number of halogens is 1. The fourth-order valence-electron chi connectivity index (χ4n) is 2.18. The lowest BCUT2D eigenvalue weighted by Gasteiger charge is -2.13. The normalized spacial score (nSPS) is 10.4. The van der Waals surface area contributed by atoms with Crippen LogP contribution < -0.4 is 15.4 Å². The number of nitrogens with one attached hydrogen (secondary N) is 2. The summed E-state index contributed by atoms with van der Waals surface area (Å²) in [5, 5.41) is 6.06. The Morgan fingerprint density at radius 1 is 1.20 bits per heavy atom. The largest absolute Gasteiger partial charge is 0.490 e. The van der Waals surface area contributed by atoms with Crippen molar-refractivity contribution in [3.05, 3.63) is 64.1 Å². The Labute approximate surface area is 162 Å². The maximum Gasteiger partial charge on any atom is 0.257 e. The Morgan fingerprint density at radius 3 is 2.56 bits per heavy atom. The molecule has 2 N–H and O–H groups in total. The van der Waals surface area contributed by atoms with Crippen LogP contribution in [-0.4, -0.2) is 23.7 Å². The van der Waals surface area contributed by atoms with Gasteiger partial charge in [0.15, 0.2) is 5.11 Å². The fraction of sp³-hybridized carbons (Fsp3) is 0.263. The molecule has 6 heteroatoms. The molecule has 0 radical (unpaired) electrons. The molecule has 2 rings (SSSR count). The third-order valence-electron chi connectivity index (χ3n) is 3.33. The van der Waals surface area contributed by atoms with Crippen LogP contribution in [0.4, 0.5) is 0 Å². The Morgan fingerprint density at radius 2 is 1.92 bits per heavy atom. The molecule has 0 saturated heterocycles. The Hall–Kier alpha value is -1.92. The zero-order valence-corrected chi connectivity index (χ0v) is 16.6. The fourth-order valence-corrected chi connectivity index (χ4v) is 2.84. The molecule has 4 nitrogen and oxygen atoms in total. The molecule has 0 atom stereocenters. The van der Waals surface area contributed by atoms with Gasteiger partial charge >= 0.3 is 0 Å². The topological polar surface area (TPSA) is 50.4 Å². The second kappa shape index (κ2) is 9.53. The van der Waals surface area contributed by atoms with Gasteiger partial charge in [0.1, 0.15) is 5.75 Å². The van der Waals surface area contributed by atoms with Crippen LogP contribution in [0.2, 0.25) is 0 Å². The minimum absolute atomic E-state index is 0.0670. The van der Waals surface area contributed by atoms with Gasteiger partial charge in [-0.2, -0.15) is 0 Å². The molecular weight excluding hydrogens is 400 g/mol. The van der Waals surface area contributed by atoms with Crippen LogP contribution in [0.15, 0.2) is 53.0 Å². The summed E-state index contributed by atoms with van der Waals surface area (Å²) in [5.74, 6) is 0.448. The monoisotopic (exact) mass is 420 g/mol. The Balaban J connectivity index is 1.84. The predicted octanol–water partition coefficient (Wildman–Crippen LogP) is 4.08. The summed E-state index contributed by atoms with van der Waals surface area (Å²) in [6, 6.07) is 15.3. The van der Waals surface area contributed by atoms with Gasteiger partial charge < -0.3 is 10.1 Å². The molecule has 0 bridgehead atoms. The first-order valence-electron chi connectivity index (χ1n) is 8.05. The van der Waals surface area contributed by atoms with Gasteiger partial charge in [0.2, 0.25) is 0 Å². The zero-order valence-electron chi connectivity index (χ0n) is 14.2. The number of benzene rings is 2. The molecule has 0 saturated carbocycles. The van der Waals surface area contributed by atoms with Crippen molar-refractivity contribution in [2.45, 2.75) is 26.4 Å². The highest BCUT2D eigenvalue weighted by Crippen LogP contribution is 2.26. The zero-order chi connectivity index (χ0) is 18.2. The van der Waals surface area contributed by atoms with Gasteiger partial charge in [0, 0.05) is 12.1 Å². The molecule has 0 aromatic heterocycles. The van der Waals surface area contributed by atoms with Crippen molar-refractivity contribution in [3.63, 3.8) is 0 Å². The summed E-state index contributed by atoms with van der Waals surface area (Å²) in [6.07, 6.45) is 0.904. The maximum atomic E-state index is 12.3. The number of hydrogen-bond donors (Lipinski definition) is 2. The highest BCUT2D eigenvalue weighted by atomic mass is 79.9. The van der Waals surface area contributed by atoms with E-state index < -0.39 is 0 Å². The van der Waals surface area contributed by atoms with E-state index in [-0.39, 0.29) is 12.0 Å². The van der Waals surface area contributed by atoms with E-state index in [2.05, 4.69) is 38.7 Å². The molecule has 0 heterocycles. The first-order chi connectivity index (χ1) is 12.0. The lowest BCUT2D eigenvalue weighted by molar-refractivity contribution is 0.0976. The van der Waals surface area contributed by atoms with Crippen molar-refractivity contribution in [1.82, 2.24) is 10.6 Å². The summed E-state index contributed by atoms with van der Waals surface area (Å²) in [7, 11) is 0. The minimum atomic E-state index is -0.256. The SMILES string of the molecule is CC(C)Oc1ccc(C(=O)NC(=S)NCCc2ccccc2)cc1Br. The highest BCUT2D eigenvalue weighted by molar-refractivity contribution is 9.10. The standard InChI is InChI=1S/C19H21BrN2O2S/c1-13(2)24-17-9-8-15(12-16(17)20)18(23)22-19(25)21-11-10-14-6-4-3-5-7-14/h3-9,12-13H,10-11H2,1-2H3,(H2,21,22,23,25). The van der Waals surface area contributed by atoms with Crippen LogP contribution in [0.1, 0.15) is 29.8 Å². The van der Waals surface area contributed by atoms with Gasteiger partial charge in [0.25, 0.3) is 5.91 Å². The van der Waals surface area contributed by atoms with E-state index in [1.165, 1.54) is 5.56 Å². The van der Waals surface area contributed by atoms with E-state index in [1.54, 1.807) is 18.2 Å². The number of rotatable bonds is 6. The van der Waals surface area contributed by atoms with Crippen LogP contribution >= 0.6 is 28.1 Å². The lowest BCUT2D eigenvalue weighted by atomic mass is 10.1. The van der Waals surface area contributed by atoms with Gasteiger partial charge in [-0.3, -0.25) is 10.1 Å². The summed E-state index contributed by atoms with van der Waals surface area (Å²) < 4.78 is 6.37. The molecule has 0 unspecified atom stereocenters. The first-order valence-corrected chi connectivity index (χ1v) is 9.25. The smallest absolute Gasteiger partial charge is 0.257 e.